The predicted octanol–water partition coefficient (Wildman–Crippen LogP) is 3.61. The van der Waals surface area contributed by atoms with Gasteiger partial charge in [-0.1, -0.05) is 0 Å². The van der Waals surface area contributed by atoms with Crippen LogP contribution in [0, 0.1) is 0 Å². The first kappa shape index (κ1) is 18.6. The van der Waals surface area contributed by atoms with E-state index in [1.54, 1.807) is 53.7 Å². The largest absolute Gasteiger partial charge is 0.459 e. The number of esters is 2. The van der Waals surface area contributed by atoms with Crippen LogP contribution in [0.25, 0.3) is 0 Å². The highest BCUT2D eigenvalue weighted by Crippen LogP contribution is 2.25. The lowest BCUT2D eigenvalue weighted by atomic mass is 9.99. The van der Waals surface area contributed by atoms with Gasteiger partial charge in [-0.2, -0.15) is 0 Å². The average Bonchev–Trinajstić information content (AvgIpc) is 2.23. The molecule has 0 unspecified atom stereocenters. The summed E-state index contributed by atoms with van der Waals surface area (Å²) in [4.78, 5) is 28.9. The third kappa shape index (κ3) is 6.13. The summed E-state index contributed by atoms with van der Waals surface area (Å²) in [5.74, 6) is -2.42. The summed E-state index contributed by atoms with van der Waals surface area (Å²) in [6, 6.07) is 3.21. The molecule has 22 heavy (non-hydrogen) atoms. The number of aromatic nitrogens is 1. The number of carbonyl (C=O) groups excluding carboxylic acids is 2. The van der Waals surface area contributed by atoms with Gasteiger partial charge >= 0.3 is 11.9 Å². The normalized spacial score (nSPS) is 12.2. The molecule has 0 spiro atoms. The minimum atomic E-state index is -1.14. The Hall–Kier alpha value is -1.43. The Balaban J connectivity index is 3.15. The van der Waals surface area contributed by atoms with Gasteiger partial charge in [0.2, 0.25) is 0 Å². The predicted molar refractivity (Wildman–Crippen MR) is 86.4 cm³/mol. The highest BCUT2D eigenvalue weighted by molar-refractivity contribution is 9.10. The number of halogens is 1. The van der Waals surface area contributed by atoms with E-state index in [1.807, 2.05) is 0 Å². The summed E-state index contributed by atoms with van der Waals surface area (Å²) in [5.41, 5.74) is -0.908. The van der Waals surface area contributed by atoms with E-state index in [0.29, 0.717) is 10.2 Å². The lowest BCUT2D eigenvalue weighted by molar-refractivity contribution is -0.169. The fraction of sp³-hybridized carbons (Fsp3) is 0.562. The molecule has 1 aromatic rings. The number of pyridine rings is 1. The maximum Gasteiger partial charge on any atom is 0.325 e. The molecule has 1 rings (SSSR count). The molecule has 0 radical (unpaired) electrons. The van der Waals surface area contributed by atoms with Gasteiger partial charge in [0.15, 0.2) is 5.92 Å². The maximum atomic E-state index is 12.4. The van der Waals surface area contributed by atoms with Crippen LogP contribution in [0.4, 0.5) is 0 Å². The molecule has 0 saturated heterocycles. The molecule has 0 N–H and O–H groups in total. The number of carbonyl (C=O) groups is 2. The molecule has 0 amide bonds. The summed E-state index contributed by atoms with van der Waals surface area (Å²) in [6.07, 6.45) is 1.52. The zero-order valence-electron chi connectivity index (χ0n) is 13.8. The fourth-order valence-corrected chi connectivity index (χ4v) is 2.07. The van der Waals surface area contributed by atoms with Crippen molar-refractivity contribution in [3.63, 3.8) is 0 Å². The molecule has 1 aromatic heterocycles. The Kier molecular flexibility index (Phi) is 5.73. The average molecular weight is 372 g/mol. The van der Waals surface area contributed by atoms with Crippen LogP contribution < -0.4 is 0 Å². The monoisotopic (exact) mass is 371 g/mol. The maximum absolute atomic E-state index is 12.4. The van der Waals surface area contributed by atoms with Gasteiger partial charge in [0.05, 0.1) is 0 Å². The quantitative estimate of drug-likeness (QED) is 0.461. The summed E-state index contributed by atoms with van der Waals surface area (Å²) in [7, 11) is 0. The molecule has 122 valence electrons. The first-order valence-corrected chi connectivity index (χ1v) is 7.75. The molecule has 6 heteroatoms. The van der Waals surface area contributed by atoms with Crippen molar-refractivity contribution in [1.82, 2.24) is 4.98 Å². The van der Waals surface area contributed by atoms with Crippen LogP contribution in [0.3, 0.4) is 0 Å². The van der Waals surface area contributed by atoms with Gasteiger partial charge in [0.1, 0.15) is 15.8 Å². The molecule has 0 aromatic carbocycles. The topological polar surface area (TPSA) is 65.5 Å². The third-order valence-corrected chi connectivity index (χ3v) is 2.80. The summed E-state index contributed by atoms with van der Waals surface area (Å²) >= 11 is 3.24. The zero-order valence-corrected chi connectivity index (χ0v) is 15.4. The molecule has 0 aliphatic heterocycles. The molecule has 0 aliphatic rings. The van der Waals surface area contributed by atoms with Gasteiger partial charge in [0.25, 0.3) is 0 Å². The second-order valence-corrected chi connectivity index (χ2v) is 7.72. The van der Waals surface area contributed by atoms with Crippen LogP contribution in [0.5, 0.6) is 0 Å². The van der Waals surface area contributed by atoms with E-state index in [0.717, 1.165) is 0 Å². The highest BCUT2D eigenvalue weighted by Gasteiger charge is 2.36. The minimum Gasteiger partial charge on any atom is -0.459 e. The van der Waals surface area contributed by atoms with Gasteiger partial charge in [-0.15, -0.1) is 0 Å². The smallest absolute Gasteiger partial charge is 0.325 e. The number of hydrogen-bond donors (Lipinski definition) is 0. The van der Waals surface area contributed by atoms with Crippen molar-refractivity contribution in [3.05, 3.63) is 28.5 Å². The van der Waals surface area contributed by atoms with Gasteiger partial charge in [-0.3, -0.25) is 9.59 Å². The Morgan fingerprint density at radius 2 is 1.50 bits per heavy atom. The van der Waals surface area contributed by atoms with E-state index in [1.165, 1.54) is 6.20 Å². The van der Waals surface area contributed by atoms with Crippen molar-refractivity contribution >= 4 is 27.9 Å². The van der Waals surface area contributed by atoms with E-state index in [9.17, 15) is 9.59 Å². The van der Waals surface area contributed by atoms with Crippen LogP contribution in [0.2, 0.25) is 0 Å². The standard InChI is InChI=1S/C16H22BrNO4/c1-15(2,3)21-13(19)12(14(20)22-16(4,5)6)10-7-8-18-11(17)9-10/h7-9,12H,1-6H3. The fourth-order valence-electron chi connectivity index (χ4n) is 1.69. The molecule has 1 heterocycles. The van der Waals surface area contributed by atoms with Crippen molar-refractivity contribution in [2.45, 2.75) is 58.7 Å². The molecular formula is C16H22BrNO4. The van der Waals surface area contributed by atoms with Crippen LogP contribution in [0.15, 0.2) is 22.9 Å². The van der Waals surface area contributed by atoms with Gasteiger partial charge in [-0.25, -0.2) is 4.98 Å². The molecule has 5 nitrogen and oxygen atoms in total. The van der Waals surface area contributed by atoms with E-state index >= 15 is 0 Å². The van der Waals surface area contributed by atoms with Gasteiger partial charge in [-0.05, 0) is 75.2 Å². The summed E-state index contributed by atoms with van der Waals surface area (Å²) in [5, 5.41) is 0. The van der Waals surface area contributed by atoms with E-state index in [-0.39, 0.29) is 0 Å². The zero-order chi connectivity index (χ0) is 17.1. The highest BCUT2D eigenvalue weighted by atomic mass is 79.9. The second-order valence-electron chi connectivity index (χ2n) is 6.91. The van der Waals surface area contributed by atoms with Crippen LogP contribution in [0.1, 0.15) is 53.0 Å². The summed E-state index contributed by atoms with van der Waals surface area (Å²) in [6.45, 7) is 10.5. The molecule has 0 bridgehead atoms. The number of hydrogen-bond acceptors (Lipinski definition) is 5. The van der Waals surface area contributed by atoms with Crippen molar-refractivity contribution in [1.29, 1.82) is 0 Å². The number of nitrogens with zero attached hydrogens (tertiary/aromatic N) is 1. The lowest BCUT2D eigenvalue weighted by Gasteiger charge is -2.26. The number of ether oxygens (including phenoxy) is 2. The first-order chi connectivity index (χ1) is 9.89. The Labute approximate surface area is 139 Å². The first-order valence-electron chi connectivity index (χ1n) is 6.96. The van der Waals surface area contributed by atoms with Crippen molar-refractivity contribution in [3.8, 4) is 0 Å². The molecule has 0 saturated carbocycles. The molecule has 0 fully saturated rings. The second kappa shape index (κ2) is 6.77. The van der Waals surface area contributed by atoms with Crippen molar-refractivity contribution < 1.29 is 19.1 Å². The van der Waals surface area contributed by atoms with E-state index in [2.05, 4.69) is 20.9 Å². The van der Waals surface area contributed by atoms with Gasteiger partial charge in [0, 0.05) is 6.20 Å². The van der Waals surface area contributed by atoms with E-state index in [4.69, 9.17) is 9.47 Å². The Morgan fingerprint density at radius 1 is 1.05 bits per heavy atom. The van der Waals surface area contributed by atoms with Crippen LogP contribution >= 0.6 is 15.9 Å². The van der Waals surface area contributed by atoms with Gasteiger partial charge < -0.3 is 9.47 Å². The minimum absolute atomic E-state index is 0.477. The van der Waals surface area contributed by atoms with Crippen LogP contribution in [-0.2, 0) is 19.1 Å². The Bertz CT molecular complexity index is 530. The summed E-state index contributed by atoms with van der Waals surface area (Å²) < 4.78 is 11.2. The van der Waals surface area contributed by atoms with E-state index < -0.39 is 29.1 Å². The molecular weight excluding hydrogens is 350 g/mol. The number of rotatable bonds is 3. The SMILES string of the molecule is CC(C)(C)OC(=O)C(C(=O)OC(C)(C)C)c1ccnc(Br)c1. The lowest BCUT2D eigenvalue weighted by Crippen LogP contribution is -2.35. The molecule has 0 aliphatic carbocycles. The van der Waals surface area contributed by atoms with Crippen molar-refractivity contribution in [2.75, 3.05) is 0 Å². The third-order valence-electron chi connectivity index (χ3n) is 2.37. The van der Waals surface area contributed by atoms with Crippen molar-refractivity contribution in [2.24, 2.45) is 0 Å². The van der Waals surface area contributed by atoms with Crippen LogP contribution in [-0.4, -0.2) is 28.1 Å². The molecule has 0 atom stereocenters. The Morgan fingerprint density at radius 3 is 1.86 bits per heavy atom.